The summed E-state index contributed by atoms with van der Waals surface area (Å²) in [5.74, 6) is -11.1. The highest BCUT2D eigenvalue weighted by atomic mass is 16.4. The smallest absolute Gasteiger partial charge is 0.322 e. The number of aliphatic hydroxyl groups is 1. The topological polar surface area (TPSA) is 367 Å². The summed E-state index contributed by atoms with van der Waals surface area (Å²) in [6.45, 7) is 0.434. The van der Waals surface area contributed by atoms with Crippen molar-refractivity contribution < 1.29 is 68.7 Å². The average molecular weight is 678 g/mol. The van der Waals surface area contributed by atoms with Crippen molar-refractivity contribution in [3.05, 3.63) is 0 Å². The van der Waals surface area contributed by atoms with Gasteiger partial charge >= 0.3 is 23.9 Å². The number of nitrogens with two attached hydrogens (primary N) is 2. The number of rotatable bonds is 24. The number of amides is 5. The molecular formula is C26H43N7O14. The first-order chi connectivity index (χ1) is 21.9. The maximum atomic E-state index is 13.2. The van der Waals surface area contributed by atoms with E-state index < -0.39 is 122 Å². The van der Waals surface area contributed by atoms with Crippen molar-refractivity contribution >= 4 is 53.4 Å². The van der Waals surface area contributed by atoms with Crippen LogP contribution in [0.1, 0.15) is 58.3 Å². The third-order valence-corrected chi connectivity index (χ3v) is 6.35. The number of nitrogens with one attached hydrogen (secondary N) is 5. The van der Waals surface area contributed by atoms with Crippen LogP contribution in [0.5, 0.6) is 0 Å². The number of carboxylic acid groups (broad SMARTS) is 4. The number of carbonyl (C=O) groups excluding carboxylic acids is 5. The fraction of sp³-hybridized carbons (Fsp3) is 0.654. The fourth-order valence-corrected chi connectivity index (χ4v) is 3.85. The van der Waals surface area contributed by atoms with Gasteiger partial charge in [-0.05, 0) is 45.6 Å². The van der Waals surface area contributed by atoms with Gasteiger partial charge in [-0.2, -0.15) is 0 Å². The molecule has 5 amide bonds. The van der Waals surface area contributed by atoms with Crippen molar-refractivity contribution in [2.24, 2.45) is 11.5 Å². The van der Waals surface area contributed by atoms with Crippen LogP contribution >= 0.6 is 0 Å². The summed E-state index contributed by atoms with van der Waals surface area (Å²) in [6.07, 6.45) is -4.02. The lowest BCUT2D eigenvalue weighted by atomic mass is 10.0. The molecule has 0 radical (unpaired) electrons. The predicted molar refractivity (Wildman–Crippen MR) is 157 cm³/mol. The van der Waals surface area contributed by atoms with Gasteiger partial charge in [0.1, 0.15) is 30.7 Å². The molecule has 0 saturated heterocycles. The predicted octanol–water partition coefficient (Wildman–Crippen LogP) is -4.83. The molecule has 0 saturated carbocycles. The van der Waals surface area contributed by atoms with Crippen LogP contribution in [0.15, 0.2) is 0 Å². The number of hydrogen-bond acceptors (Lipinski definition) is 12. The van der Waals surface area contributed by atoms with Gasteiger partial charge in [-0.15, -0.1) is 0 Å². The van der Waals surface area contributed by atoms with Crippen LogP contribution in [-0.4, -0.2) is 128 Å². The highest BCUT2D eigenvalue weighted by Crippen LogP contribution is 2.07. The molecular weight excluding hydrogens is 634 g/mol. The van der Waals surface area contributed by atoms with Crippen molar-refractivity contribution in [2.75, 3.05) is 13.1 Å². The molecule has 0 aromatic carbocycles. The Morgan fingerprint density at radius 2 is 1.11 bits per heavy atom. The van der Waals surface area contributed by atoms with E-state index in [-0.39, 0.29) is 25.8 Å². The highest BCUT2D eigenvalue weighted by molar-refractivity contribution is 5.97. The molecule has 0 aromatic heterocycles. The van der Waals surface area contributed by atoms with E-state index in [0.29, 0.717) is 6.42 Å². The minimum atomic E-state index is -1.88. The summed E-state index contributed by atoms with van der Waals surface area (Å²) in [6, 6.07) is -8.08. The van der Waals surface area contributed by atoms with E-state index in [0.717, 1.165) is 6.92 Å². The standard InChI is InChI=1S/C26H43N7O14/c1-12(34)21(33-22(43)13(28)5-7-17(35)36)26(47)32-16(10-19(39)40)25(46)30-14(4-2-3-9-27)24(45)31-15(6-8-18(37)38)23(44)29-11-20(41)42/h12-16,21,34H,2-11,27-28H2,1H3,(H,29,44)(H,30,46)(H,31,45)(H,32,47)(H,33,43)(H,35,36)(H,37,38)(H,39,40)(H,41,42). The molecule has 21 heteroatoms. The first kappa shape index (κ1) is 42.1. The van der Waals surface area contributed by atoms with E-state index in [2.05, 4.69) is 21.3 Å². The lowest BCUT2D eigenvalue weighted by molar-refractivity contribution is -0.142. The summed E-state index contributed by atoms with van der Waals surface area (Å²) >= 11 is 0. The van der Waals surface area contributed by atoms with E-state index in [4.69, 9.17) is 26.8 Å². The quantitative estimate of drug-likeness (QED) is 0.0426. The Kier molecular flexibility index (Phi) is 19.5. The second kappa shape index (κ2) is 21.8. The zero-order chi connectivity index (χ0) is 36.3. The molecule has 0 aliphatic heterocycles. The zero-order valence-electron chi connectivity index (χ0n) is 25.6. The van der Waals surface area contributed by atoms with Gasteiger partial charge in [0, 0.05) is 12.8 Å². The van der Waals surface area contributed by atoms with Crippen LogP contribution in [0.3, 0.4) is 0 Å². The lowest BCUT2D eigenvalue weighted by Crippen LogP contribution is -2.61. The molecule has 0 spiro atoms. The number of carbonyl (C=O) groups is 9. The summed E-state index contributed by atoms with van der Waals surface area (Å²) in [4.78, 5) is 108. The molecule has 6 atom stereocenters. The van der Waals surface area contributed by atoms with Gasteiger partial charge in [0.05, 0.1) is 18.6 Å². The molecule has 0 fully saturated rings. The Morgan fingerprint density at radius 3 is 1.60 bits per heavy atom. The van der Waals surface area contributed by atoms with Gasteiger partial charge < -0.3 is 63.6 Å². The number of aliphatic hydroxyl groups excluding tert-OH is 1. The SMILES string of the molecule is CC(O)C(NC(=O)C(N)CCC(=O)O)C(=O)NC(CC(=O)O)C(=O)NC(CCCCN)C(=O)NC(CCC(=O)O)C(=O)NCC(=O)O. The van der Waals surface area contributed by atoms with E-state index in [9.17, 15) is 53.4 Å². The maximum Gasteiger partial charge on any atom is 0.322 e. The molecule has 266 valence electrons. The number of carboxylic acids is 4. The van der Waals surface area contributed by atoms with E-state index in [1.165, 1.54) is 0 Å². The molecule has 0 heterocycles. The van der Waals surface area contributed by atoms with Crippen LogP contribution in [-0.2, 0) is 43.2 Å². The van der Waals surface area contributed by atoms with Crippen molar-refractivity contribution in [2.45, 2.75) is 94.6 Å². The van der Waals surface area contributed by atoms with Crippen molar-refractivity contribution in [1.82, 2.24) is 26.6 Å². The average Bonchev–Trinajstić information content (AvgIpc) is 2.97. The molecule has 0 aliphatic carbocycles. The van der Waals surface area contributed by atoms with E-state index in [1.807, 2.05) is 5.32 Å². The van der Waals surface area contributed by atoms with Crippen molar-refractivity contribution in [3.63, 3.8) is 0 Å². The molecule has 6 unspecified atom stereocenters. The first-order valence-electron chi connectivity index (χ1n) is 14.4. The molecule has 0 rings (SSSR count). The molecule has 21 nitrogen and oxygen atoms in total. The second-order valence-corrected chi connectivity index (χ2v) is 10.4. The molecule has 0 aliphatic rings. The molecule has 0 bridgehead atoms. The number of hydrogen-bond donors (Lipinski definition) is 12. The molecule has 47 heavy (non-hydrogen) atoms. The Hall–Kier alpha value is -4.89. The van der Waals surface area contributed by atoms with Gasteiger partial charge in [0.2, 0.25) is 29.5 Å². The monoisotopic (exact) mass is 677 g/mol. The summed E-state index contributed by atoms with van der Waals surface area (Å²) in [7, 11) is 0. The van der Waals surface area contributed by atoms with Crippen molar-refractivity contribution in [3.8, 4) is 0 Å². The Balaban J connectivity index is 6.00. The summed E-state index contributed by atoms with van der Waals surface area (Å²) in [5, 5.41) is 56.7. The van der Waals surface area contributed by atoms with Crippen LogP contribution in [0.2, 0.25) is 0 Å². The van der Waals surface area contributed by atoms with E-state index in [1.54, 1.807) is 0 Å². The van der Waals surface area contributed by atoms with Gasteiger partial charge in [-0.25, -0.2) is 0 Å². The zero-order valence-corrected chi connectivity index (χ0v) is 25.6. The summed E-state index contributed by atoms with van der Waals surface area (Å²) in [5.41, 5.74) is 11.1. The molecule has 0 aromatic rings. The normalized spacial score (nSPS) is 14.6. The maximum absolute atomic E-state index is 13.2. The van der Waals surface area contributed by atoms with Crippen LogP contribution in [0.4, 0.5) is 0 Å². The fourth-order valence-electron chi connectivity index (χ4n) is 3.85. The second-order valence-electron chi connectivity index (χ2n) is 10.4. The van der Waals surface area contributed by atoms with Crippen LogP contribution in [0, 0.1) is 0 Å². The third kappa shape index (κ3) is 18.0. The molecule has 14 N–H and O–H groups in total. The van der Waals surface area contributed by atoms with Crippen molar-refractivity contribution in [1.29, 1.82) is 0 Å². The highest BCUT2D eigenvalue weighted by Gasteiger charge is 2.34. The first-order valence-corrected chi connectivity index (χ1v) is 14.4. The number of unbranched alkanes of at least 4 members (excludes halogenated alkanes) is 1. The Bertz CT molecular complexity index is 1150. The van der Waals surface area contributed by atoms with Gasteiger partial charge in [0.25, 0.3) is 0 Å². The summed E-state index contributed by atoms with van der Waals surface area (Å²) < 4.78 is 0. The third-order valence-electron chi connectivity index (χ3n) is 6.35. The van der Waals surface area contributed by atoms with Crippen LogP contribution in [0.25, 0.3) is 0 Å². The van der Waals surface area contributed by atoms with Gasteiger partial charge in [0.15, 0.2) is 0 Å². The van der Waals surface area contributed by atoms with E-state index >= 15 is 0 Å². The Morgan fingerprint density at radius 1 is 0.596 bits per heavy atom. The van der Waals surface area contributed by atoms with Gasteiger partial charge in [-0.3, -0.25) is 43.2 Å². The minimum Gasteiger partial charge on any atom is -0.481 e. The largest absolute Gasteiger partial charge is 0.481 e. The Labute approximate surface area is 268 Å². The lowest BCUT2D eigenvalue weighted by Gasteiger charge is -2.27. The minimum absolute atomic E-state index is 0.120. The number of aliphatic carboxylic acids is 4. The van der Waals surface area contributed by atoms with Crippen LogP contribution < -0.4 is 38.1 Å². The van der Waals surface area contributed by atoms with Gasteiger partial charge in [-0.1, -0.05) is 0 Å².